The van der Waals surface area contributed by atoms with Crippen molar-refractivity contribution in [2.24, 2.45) is 11.8 Å². The normalized spacial score (nSPS) is 34.6. The molecule has 0 aromatic rings. The molecule has 0 aromatic heterocycles. The zero-order valence-corrected chi connectivity index (χ0v) is 10.7. The lowest BCUT2D eigenvalue weighted by Crippen LogP contribution is -2.53. The molecule has 1 aliphatic heterocycles. The summed E-state index contributed by atoms with van der Waals surface area (Å²) in [4.78, 5) is 2.49. The first-order chi connectivity index (χ1) is 7.61. The first kappa shape index (κ1) is 11.9. The molecule has 0 aromatic carbocycles. The van der Waals surface area contributed by atoms with Gasteiger partial charge in [-0.1, -0.05) is 6.92 Å². The summed E-state index contributed by atoms with van der Waals surface area (Å²) in [6.07, 6.45) is 3.70. The van der Waals surface area contributed by atoms with Crippen LogP contribution in [0.3, 0.4) is 0 Å². The number of rotatable bonds is 4. The Balaban J connectivity index is 2.03. The van der Waals surface area contributed by atoms with Gasteiger partial charge in [0, 0.05) is 19.1 Å². The molecule has 1 saturated carbocycles. The third-order valence-electron chi connectivity index (χ3n) is 4.29. The van der Waals surface area contributed by atoms with Crippen molar-refractivity contribution in [2.75, 3.05) is 20.1 Å². The Morgan fingerprint density at radius 2 is 2.12 bits per heavy atom. The molecule has 1 heterocycles. The van der Waals surface area contributed by atoms with E-state index in [2.05, 4.69) is 30.1 Å². The van der Waals surface area contributed by atoms with Gasteiger partial charge in [-0.05, 0) is 45.1 Å². The maximum atomic E-state index is 9.46. The summed E-state index contributed by atoms with van der Waals surface area (Å²) in [7, 11) is 1.94. The van der Waals surface area contributed by atoms with Crippen molar-refractivity contribution in [3.63, 3.8) is 0 Å². The Kier molecular flexibility index (Phi) is 3.23. The van der Waals surface area contributed by atoms with Crippen LogP contribution in [0.25, 0.3) is 0 Å². The van der Waals surface area contributed by atoms with E-state index in [1.807, 2.05) is 7.05 Å². The van der Waals surface area contributed by atoms with E-state index >= 15 is 0 Å². The third kappa shape index (κ3) is 2.09. The summed E-state index contributed by atoms with van der Waals surface area (Å²) >= 11 is 0. The summed E-state index contributed by atoms with van der Waals surface area (Å²) in [5, 5.41) is 12.7. The summed E-state index contributed by atoms with van der Waals surface area (Å²) in [5.41, 5.74) is -0.293. The molecule has 1 aliphatic carbocycles. The highest BCUT2D eigenvalue weighted by atomic mass is 15.2. The number of nitriles is 1. The van der Waals surface area contributed by atoms with Crippen LogP contribution in [0.15, 0.2) is 0 Å². The van der Waals surface area contributed by atoms with Crippen molar-refractivity contribution in [3.8, 4) is 6.07 Å². The number of nitrogens with zero attached hydrogens (tertiary/aromatic N) is 2. The van der Waals surface area contributed by atoms with Crippen LogP contribution >= 0.6 is 0 Å². The predicted molar refractivity (Wildman–Crippen MR) is 64.9 cm³/mol. The van der Waals surface area contributed by atoms with Gasteiger partial charge >= 0.3 is 0 Å². The topological polar surface area (TPSA) is 39.1 Å². The van der Waals surface area contributed by atoms with Crippen molar-refractivity contribution >= 4 is 0 Å². The number of likely N-dealkylation sites (tertiary alicyclic amines) is 1. The molecule has 3 nitrogen and oxygen atoms in total. The maximum Gasteiger partial charge on any atom is 0.122 e. The predicted octanol–water partition coefficient (Wildman–Crippen LogP) is 1.61. The lowest BCUT2D eigenvalue weighted by atomic mass is 9.94. The standard InChI is InChI=1S/C13H23N3/c1-10-6-11(2)16(7-10)9-13(8-14,15-3)12-4-5-12/h10-12,15H,4-7,9H2,1-3H3. The Hall–Kier alpha value is -0.590. The molecule has 90 valence electrons. The van der Waals surface area contributed by atoms with E-state index in [9.17, 15) is 5.26 Å². The molecule has 3 unspecified atom stereocenters. The second-order valence-electron chi connectivity index (χ2n) is 5.73. The van der Waals surface area contributed by atoms with Gasteiger partial charge in [-0.2, -0.15) is 5.26 Å². The summed E-state index contributed by atoms with van der Waals surface area (Å²) in [5.74, 6) is 1.35. The van der Waals surface area contributed by atoms with Crippen LogP contribution in [-0.2, 0) is 0 Å². The lowest BCUT2D eigenvalue weighted by Gasteiger charge is -2.33. The average Bonchev–Trinajstić information content (AvgIpc) is 3.04. The van der Waals surface area contributed by atoms with E-state index in [0.29, 0.717) is 12.0 Å². The Morgan fingerprint density at radius 1 is 1.44 bits per heavy atom. The molecule has 2 rings (SSSR count). The Morgan fingerprint density at radius 3 is 2.50 bits per heavy atom. The minimum absolute atomic E-state index is 0.293. The highest BCUT2D eigenvalue weighted by Crippen LogP contribution is 2.40. The minimum Gasteiger partial charge on any atom is -0.301 e. The zero-order chi connectivity index (χ0) is 11.8. The lowest BCUT2D eigenvalue weighted by molar-refractivity contribution is 0.194. The molecule has 0 spiro atoms. The van der Waals surface area contributed by atoms with Gasteiger partial charge in [0.05, 0.1) is 6.07 Å². The first-order valence-electron chi connectivity index (χ1n) is 6.45. The van der Waals surface area contributed by atoms with Crippen LogP contribution < -0.4 is 5.32 Å². The molecular weight excluding hydrogens is 198 g/mol. The van der Waals surface area contributed by atoms with Crippen LogP contribution in [0, 0.1) is 23.2 Å². The number of nitrogens with one attached hydrogen (secondary N) is 1. The molecule has 0 amide bonds. The number of likely N-dealkylation sites (N-methyl/N-ethyl adjacent to an activating group) is 1. The molecule has 2 aliphatic rings. The molecule has 3 heteroatoms. The van der Waals surface area contributed by atoms with E-state index in [4.69, 9.17) is 0 Å². The van der Waals surface area contributed by atoms with Gasteiger partial charge < -0.3 is 5.32 Å². The van der Waals surface area contributed by atoms with Gasteiger partial charge in [-0.15, -0.1) is 0 Å². The average molecular weight is 221 g/mol. The second kappa shape index (κ2) is 4.35. The zero-order valence-electron chi connectivity index (χ0n) is 10.7. The van der Waals surface area contributed by atoms with Gasteiger partial charge in [0.1, 0.15) is 5.54 Å². The molecule has 0 radical (unpaired) electrons. The fourth-order valence-corrected chi connectivity index (χ4v) is 3.10. The Labute approximate surface area is 98.8 Å². The molecule has 1 N–H and O–H groups in total. The fourth-order valence-electron chi connectivity index (χ4n) is 3.10. The maximum absolute atomic E-state index is 9.46. The molecule has 16 heavy (non-hydrogen) atoms. The summed E-state index contributed by atoms with van der Waals surface area (Å²) in [6.45, 7) is 6.64. The van der Waals surface area contributed by atoms with E-state index in [1.54, 1.807) is 0 Å². The van der Waals surface area contributed by atoms with Gasteiger partial charge in [0.25, 0.3) is 0 Å². The highest BCUT2D eigenvalue weighted by molar-refractivity contribution is 5.16. The largest absolute Gasteiger partial charge is 0.301 e. The summed E-state index contributed by atoms with van der Waals surface area (Å²) < 4.78 is 0. The van der Waals surface area contributed by atoms with Crippen LogP contribution in [0.5, 0.6) is 0 Å². The van der Waals surface area contributed by atoms with Crippen LogP contribution in [0.1, 0.15) is 33.1 Å². The highest BCUT2D eigenvalue weighted by Gasteiger charge is 2.47. The van der Waals surface area contributed by atoms with Gasteiger partial charge in [0.15, 0.2) is 0 Å². The van der Waals surface area contributed by atoms with Crippen molar-refractivity contribution in [2.45, 2.75) is 44.7 Å². The molecule has 2 fully saturated rings. The van der Waals surface area contributed by atoms with Gasteiger partial charge in [-0.3, -0.25) is 4.90 Å². The fraction of sp³-hybridized carbons (Fsp3) is 0.923. The van der Waals surface area contributed by atoms with Crippen LogP contribution in [-0.4, -0.2) is 36.6 Å². The van der Waals surface area contributed by atoms with E-state index in [0.717, 1.165) is 19.0 Å². The molecule has 0 bridgehead atoms. The quantitative estimate of drug-likeness (QED) is 0.784. The molecule has 1 saturated heterocycles. The first-order valence-corrected chi connectivity index (χ1v) is 6.45. The second-order valence-corrected chi connectivity index (χ2v) is 5.73. The van der Waals surface area contributed by atoms with Crippen molar-refractivity contribution in [3.05, 3.63) is 0 Å². The SMILES string of the molecule is CNC(C#N)(CN1CC(C)CC1C)C1CC1. The van der Waals surface area contributed by atoms with Crippen molar-refractivity contribution < 1.29 is 0 Å². The molecular formula is C13H23N3. The van der Waals surface area contributed by atoms with E-state index in [-0.39, 0.29) is 5.54 Å². The van der Waals surface area contributed by atoms with Crippen molar-refractivity contribution in [1.82, 2.24) is 10.2 Å². The third-order valence-corrected chi connectivity index (χ3v) is 4.29. The van der Waals surface area contributed by atoms with Gasteiger partial charge in [-0.25, -0.2) is 0 Å². The summed E-state index contributed by atoms with van der Waals surface area (Å²) in [6, 6.07) is 3.17. The molecule has 3 atom stereocenters. The monoisotopic (exact) mass is 221 g/mol. The van der Waals surface area contributed by atoms with Crippen LogP contribution in [0.2, 0.25) is 0 Å². The number of hydrogen-bond donors (Lipinski definition) is 1. The Bertz CT molecular complexity index is 292. The number of hydrogen-bond acceptors (Lipinski definition) is 3. The smallest absolute Gasteiger partial charge is 0.122 e. The van der Waals surface area contributed by atoms with E-state index < -0.39 is 0 Å². The van der Waals surface area contributed by atoms with Gasteiger partial charge in [0.2, 0.25) is 0 Å². The van der Waals surface area contributed by atoms with E-state index in [1.165, 1.54) is 19.3 Å². The van der Waals surface area contributed by atoms with Crippen LogP contribution in [0.4, 0.5) is 0 Å². The van der Waals surface area contributed by atoms with Crippen molar-refractivity contribution in [1.29, 1.82) is 5.26 Å². The minimum atomic E-state index is -0.293.